The molecule has 2 aliphatic carbocycles. The van der Waals surface area contributed by atoms with Crippen molar-refractivity contribution in [2.45, 2.75) is 36.4 Å². The number of nitrogen functional groups attached to an aromatic ring is 1. The topological polar surface area (TPSA) is 260 Å². The van der Waals surface area contributed by atoms with E-state index in [1.54, 1.807) is 0 Å². The number of rotatable bonds is 14. The smallest absolute Gasteiger partial charge is 0.387 e. The van der Waals surface area contributed by atoms with Crippen molar-refractivity contribution in [2.75, 3.05) is 25.6 Å². The molecule has 3 heterocycles. The molecular formula is C38H36N5O13P3S. The van der Waals surface area contributed by atoms with E-state index in [-0.39, 0.29) is 42.2 Å². The average molecular weight is 896 g/mol. The molecular weight excluding hydrogens is 859 g/mol. The molecule has 0 saturated carbocycles. The molecule has 1 aliphatic heterocycles. The first-order valence-electron chi connectivity index (χ1n) is 18.4. The summed E-state index contributed by atoms with van der Waals surface area (Å²) in [4.78, 5) is 44.2. The third-order valence-electron chi connectivity index (χ3n) is 10.6. The summed E-state index contributed by atoms with van der Waals surface area (Å²) < 4.78 is 61.2. The highest BCUT2D eigenvalue weighted by Crippen LogP contribution is 2.70. The second-order valence-electron chi connectivity index (χ2n) is 14.2. The maximum Gasteiger partial charge on any atom is 0.488 e. The minimum atomic E-state index is -5.66. The Kier molecular flexibility index (Phi) is 10.9. The zero-order valence-electron chi connectivity index (χ0n) is 31.0. The van der Waals surface area contributed by atoms with E-state index < -0.39 is 59.1 Å². The summed E-state index contributed by atoms with van der Waals surface area (Å²) in [7, 11) is -11.2. The maximum absolute atomic E-state index is 13.7. The predicted octanol–water partition coefficient (Wildman–Crippen LogP) is 5.45. The molecule has 9 rings (SSSR count). The number of ether oxygens (including phenoxy) is 1. The van der Waals surface area contributed by atoms with E-state index in [9.17, 15) is 33.9 Å². The summed E-state index contributed by atoms with van der Waals surface area (Å²) in [6, 6.07) is 30.9. The van der Waals surface area contributed by atoms with Crippen LogP contribution in [-0.4, -0.2) is 77.7 Å². The third-order valence-corrected chi connectivity index (χ3v) is 16.5. The number of nitrogens with one attached hydrogen (secondary N) is 1. The largest absolute Gasteiger partial charge is 0.488 e. The molecule has 2 aromatic heterocycles. The monoisotopic (exact) mass is 895 g/mol. The fraction of sp³-hybridized carbons (Fsp3) is 0.237. The number of aromatic amines is 1. The second kappa shape index (κ2) is 15.9. The number of fused-ring (bicyclic) bond motifs is 7. The van der Waals surface area contributed by atoms with E-state index in [0.717, 1.165) is 55.4 Å². The van der Waals surface area contributed by atoms with Gasteiger partial charge in [-0.05, 0) is 56.3 Å². The Bertz CT molecular complexity index is 2650. The number of aromatic nitrogens is 4. The second-order valence-corrected chi connectivity index (χ2v) is 20.4. The number of imidazole rings is 1. The van der Waals surface area contributed by atoms with Gasteiger partial charge in [-0.3, -0.25) is 18.9 Å². The lowest BCUT2D eigenvalue weighted by molar-refractivity contribution is -0.0503. The molecule has 0 spiro atoms. The highest BCUT2D eigenvalue weighted by atomic mass is 32.5. The Labute approximate surface area is 346 Å². The molecule has 312 valence electrons. The Morgan fingerprint density at radius 1 is 0.717 bits per heavy atom. The van der Waals surface area contributed by atoms with Gasteiger partial charge in [-0.1, -0.05) is 97.1 Å². The number of phosphoric acid groups is 2. The van der Waals surface area contributed by atoms with Crippen LogP contribution in [0, 0.1) is 0 Å². The van der Waals surface area contributed by atoms with E-state index in [1.807, 2.05) is 97.1 Å². The summed E-state index contributed by atoms with van der Waals surface area (Å²) >= 11 is 5.78. The lowest BCUT2D eigenvalue weighted by Gasteiger charge is -2.27. The number of nitrogens with two attached hydrogens (primary N) is 1. The van der Waals surface area contributed by atoms with Crippen molar-refractivity contribution >= 4 is 51.3 Å². The molecule has 7 N–H and O–H groups in total. The van der Waals surface area contributed by atoms with Crippen LogP contribution in [0.3, 0.4) is 0 Å². The van der Waals surface area contributed by atoms with Crippen molar-refractivity contribution < 1.29 is 56.1 Å². The average Bonchev–Trinajstić information content (AvgIpc) is 3.95. The first-order chi connectivity index (χ1) is 28.7. The Hall–Kier alpha value is -4.26. The van der Waals surface area contributed by atoms with Crippen molar-refractivity contribution in [3.63, 3.8) is 0 Å². The van der Waals surface area contributed by atoms with Crippen LogP contribution in [0.5, 0.6) is 0 Å². The Morgan fingerprint density at radius 3 is 1.70 bits per heavy atom. The molecule has 22 heteroatoms. The molecule has 1 fully saturated rings. The third kappa shape index (κ3) is 7.77. The van der Waals surface area contributed by atoms with Crippen molar-refractivity contribution in [1.29, 1.82) is 0 Å². The standard InChI is InChI=1S/C38H36N5O13P3S/c39-38-41-35-32(36(46)42-38)40-20-43(35)37-34(45)33(44)31(54-37)19-51-57(47,48)55-58(49,50)56-59(60,52-17-29-25-13-5-1-9-21(25)22-10-2-6-14-26(22)29)53-18-30-27-15-7-3-11-23(27)24-12-4-8-16-28(24)30/h1-16,20,29-31,33-34,37,44-45H,17-19H2,(H,47,48)(H,49,50)(H3,39,41,42,46). The highest BCUT2D eigenvalue weighted by molar-refractivity contribution is 8.09. The van der Waals surface area contributed by atoms with Crippen LogP contribution in [0.25, 0.3) is 33.4 Å². The summed E-state index contributed by atoms with van der Waals surface area (Å²) in [5, 5.41) is 21.5. The van der Waals surface area contributed by atoms with Gasteiger partial charge in [0.15, 0.2) is 17.4 Å². The fourth-order valence-electron chi connectivity index (χ4n) is 7.98. The van der Waals surface area contributed by atoms with Gasteiger partial charge in [0, 0.05) is 11.8 Å². The zero-order valence-corrected chi connectivity index (χ0v) is 34.5. The minimum absolute atomic E-state index is 0.0773. The molecule has 60 heavy (non-hydrogen) atoms. The van der Waals surface area contributed by atoms with Crippen LogP contribution in [0.1, 0.15) is 40.3 Å². The summed E-state index contributed by atoms with van der Waals surface area (Å²) in [6.07, 6.45) is -5.19. The highest BCUT2D eigenvalue weighted by Gasteiger charge is 2.48. The van der Waals surface area contributed by atoms with Gasteiger partial charge in [0.1, 0.15) is 18.3 Å². The van der Waals surface area contributed by atoms with Gasteiger partial charge in [0.2, 0.25) is 5.95 Å². The van der Waals surface area contributed by atoms with Gasteiger partial charge in [-0.2, -0.15) is 9.29 Å². The quantitative estimate of drug-likeness (QED) is 0.0742. The molecule has 6 atom stereocenters. The summed E-state index contributed by atoms with van der Waals surface area (Å²) in [5.41, 5.74) is 12.4. The molecule has 6 aromatic rings. The normalized spacial score (nSPS) is 21.9. The minimum Gasteiger partial charge on any atom is -0.387 e. The van der Waals surface area contributed by atoms with Crippen LogP contribution >= 0.6 is 22.4 Å². The van der Waals surface area contributed by atoms with Crippen LogP contribution in [0.4, 0.5) is 5.95 Å². The zero-order chi connectivity index (χ0) is 42.0. The first kappa shape index (κ1) is 41.1. The maximum atomic E-state index is 13.7. The van der Waals surface area contributed by atoms with Crippen molar-refractivity contribution in [2.24, 2.45) is 0 Å². The van der Waals surface area contributed by atoms with E-state index in [4.69, 9.17) is 44.5 Å². The molecule has 18 nitrogen and oxygen atoms in total. The molecule has 0 radical (unpaired) electrons. The summed E-state index contributed by atoms with van der Waals surface area (Å²) in [5.74, 6) is -1.00. The number of hydrogen-bond acceptors (Lipinski definition) is 15. The molecule has 4 aromatic carbocycles. The Balaban J connectivity index is 0.929. The molecule has 3 aliphatic rings. The van der Waals surface area contributed by atoms with E-state index >= 15 is 0 Å². The van der Waals surface area contributed by atoms with Gasteiger partial charge in [0.25, 0.3) is 5.56 Å². The van der Waals surface area contributed by atoms with E-state index in [0.29, 0.717) is 0 Å². The summed E-state index contributed by atoms with van der Waals surface area (Å²) in [6.45, 7) is -5.58. The van der Waals surface area contributed by atoms with Crippen molar-refractivity contribution in [3.05, 3.63) is 136 Å². The lowest BCUT2D eigenvalue weighted by atomic mass is 9.98. The molecule has 6 unspecified atom stereocenters. The number of anilines is 1. The van der Waals surface area contributed by atoms with Crippen molar-refractivity contribution in [3.8, 4) is 22.3 Å². The van der Waals surface area contributed by atoms with E-state index in [1.165, 1.54) is 0 Å². The van der Waals surface area contributed by atoms with Crippen LogP contribution in [0.15, 0.2) is 108 Å². The van der Waals surface area contributed by atoms with Crippen LogP contribution in [-0.2, 0) is 47.9 Å². The molecule has 0 bridgehead atoms. The number of phosphoric ester groups is 1. The predicted molar refractivity (Wildman–Crippen MR) is 220 cm³/mol. The molecule has 0 amide bonds. The van der Waals surface area contributed by atoms with Gasteiger partial charge >= 0.3 is 22.4 Å². The number of aliphatic hydroxyl groups excluding tert-OH is 2. The van der Waals surface area contributed by atoms with Crippen LogP contribution < -0.4 is 11.3 Å². The number of nitrogens with zero attached hydrogens (tertiary/aromatic N) is 3. The van der Waals surface area contributed by atoms with Gasteiger partial charge in [-0.25, -0.2) is 18.4 Å². The fourth-order valence-corrected chi connectivity index (χ4v) is 13.2. The van der Waals surface area contributed by atoms with Gasteiger partial charge < -0.3 is 39.5 Å². The van der Waals surface area contributed by atoms with Crippen LogP contribution in [0.2, 0.25) is 0 Å². The SMILES string of the molecule is Nc1nc2c(ncn2C2OC(COP(=O)(O)OP(=O)(O)OP(=S)(OCC3c4ccccc4-c4ccccc43)OCC3c4ccccc4-c4ccccc43)C(O)C2O)c(=O)[nH]1. The molecule has 1 saturated heterocycles. The van der Waals surface area contributed by atoms with Gasteiger partial charge in [0.05, 0.1) is 26.1 Å². The lowest BCUT2D eigenvalue weighted by Crippen LogP contribution is -2.33. The van der Waals surface area contributed by atoms with Crippen molar-refractivity contribution in [1.82, 2.24) is 19.5 Å². The Morgan fingerprint density at radius 2 is 1.20 bits per heavy atom. The number of aliphatic hydroxyl groups is 2. The number of hydrogen-bond donors (Lipinski definition) is 6. The number of H-pyrrole nitrogens is 1. The first-order valence-corrected chi connectivity index (χ1v) is 24.0. The number of benzene rings is 4. The van der Waals surface area contributed by atoms with Gasteiger partial charge in [-0.15, -0.1) is 0 Å². The van der Waals surface area contributed by atoms with E-state index in [2.05, 4.69) is 15.0 Å².